The van der Waals surface area contributed by atoms with Crippen molar-refractivity contribution in [3.63, 3.8) is 0 Å². The number of aromatic nitrogens is 2. The van der Waals surface area contributed by atoms with Gasteiger partial charge in [-0.1, -0.05) is 11.3 Å². The summed E-state index contributed by atoms with van der Waals surface area (Å²) in [5.41, 5.74) is 0. The monoisotopic (exact) mass is 201 g/mol. The maximum atomic E-state index is 11.0. The van der Waals surface area contributed by atoms with Gasteiger partial charge < -0.3 is 10.1 Å². The lowest BCUT2D eigenvalue weighted by Gasteiger charge is -2.08. The van der Waals surface area contributed by atoms with E-state index in [9.17, 15) is 4.79 Å². The first-order valence-corrected chi connectivity index (χ1v) is 4.59. The number of methoxy groups -OCH3 is 1. The fourth-order valence-corrected chi connectivity index (χ4v) is 1.45. The molecule has 1 rings (SSSR count). The fraction of sp³-hybridized carbons (Fsp3) is 0.571. The molecule has 0 aromatic carbocycles. The van der Waals surface area contributed by atoms with E-state index in [2.05, 4.69) is 20.3 Å². The van der Waals surface area contributed by atoms with Gasteiger partial charge in [-0.3, -0.25) is 0 Å². The SMILES string of the molecule is COC(=O)C(C)Nc1nnc(C)s1. The number of nitrogens with zero attached hydrogens (tertiary/aromatic N) is 2. The normalized spacial score (nSPS) is 12.2. The van der Waals surface area contributed by atoms with Crippen LogP contribution in [0.5, 0.6) is 0 Å². The predicted octanol–water partition coefficient (Wildman–Crippen LogP) is 0.820. The van der Waals surface area contributed by atoms with E-state index >= 15 is 0 Å². The molecule has 5 nitrogen and oxygen atoms in total. The summed E-state index contributed by atoms with van der Waals surface area (Å²) in [6, 6.07) is -0.391. The lowest BCUT2D eigenvalue weighted by atomic mass is 10.3. The van der Waals surface area contributed by atoms with E-state index in [1.807, 2.05) is 6.92 Å². The summed E-state index contributed by atoms with van der Waals surface area (Å²) in [7, 11) is 1.35. The minimum atomic E-state index is -0.391. The molecule has 1 unspecified atom stereocenters. The third kappa shape index (κ3) is 2.66. The zero-order chi connectivity index (χ0) is 9.84. The number of esters is 1. The summed E-state index contributed by atoms with van der Waals surface area (Å²) in [6.45, 7) is 3.56. The van der Waals surface area contributed by atoms with E-state index in [0.717, 1.165) is 5.01 Å². The molecule has 0 aliphatic heterocycles. The van der Waals surface area contributed by atoms with Crippen LogP contribution in [0.15, 0.2) is 0 Å². The van der Waals surface area contributed by atoms with Gasteiger partial charge in [0.15, 0.2) is 0 Å². The van der Waals surface area contributed by atoms with Crippen LogP contribution in [0.4, 0.5) is 5.13 Å². The van der Waals surface area contributed by atoms with Crippen LogP contribution in [0.2, 0.25) is 0 Å². The second-order valence-corrected chi connectivity index (χ2v) is 3.70. The first-order chi connectivity index (χ1) is 6.13. The van der Waals surface area contributed by atoms with Gasteiger partial charge in [0.1, 0.15) is 11.0 Å². The predicted molar refractivity (Wildman–Crippen MR) is 49.7 cm³/mol. The second-order valence-electron chi connectivity index (χ2n) is 2.52. The third-order valence-corrected chi connectivity index (χ3v) is 2.19. The topological polar surface area (TPSA) is 64.1 Å². The summed E-state index contributed by atoms with van der Waals surface area (Å²) in [6.07, 6.45) is 0. The molecular formula is C7H11N3O2S. The van der Waals surface area contributed by atoms with Crippen LogP contribution in [-0.4, -0.2) is 29.3 Å². The van der Waals surface area contributed by atoms with Crippen molar-refractivity contribution in [2.24, 2.45) is 0 Å². The zero-order valence-corrected chi connectivity index (χ0v) is 8.51. The summed E-state index contributed by atoms with van der Waals surface area (Å²) < 4.78 is 4.55. The minimum Gasteiger partial charge on any atom is -0.467 e. The Labute approximate surface area is 80.1 Å². The molecule has 0 aliphatic carbocycles. The lowest BCUT2D eigenvalue weighted by molar-refractivity contribution is -0.141. The molecule has 1 N–H and O–H groups in total. The Morgan fingerprint density at radius 2 is 2.31 bits per heavy atom. The van der Waals surface area contributed by atoms with Crippen molar-refractivity contribution < 1.29 is 9.53 Å². The molecule has 13 heavy (non-hydrogen) atoms. The highest BCUT2D eigenvalue weighted by atomic mass is 32.1. The quantitative estimate of drug-likeness (QED) is 0.733. The summed E-state index contributed by atoms with van der Waals surface area (Å²) in [4.78, 5) is 11.0. The Bertz CT molecular complexity index is 300. The average molecular weight is 201 g/mol. The van der Waals surface area contributed by atoms with Crippen LogP contribution in [0.3, 0.4) is 0 Å². The highest BCUT2D eigenvalue weighted by Crippen LogP contribution is 2.14. The van der Waals surface area contributed by atoms with Crippen LogP contribution in [0, 0.1) is 6.92 Å². The number of anilines is 1. The molecule has 1 aromatic heterocycles. The molecule has 0 saturated carbocycles. The van der Waals surface area contributed by atoms with E-state index in [0.29, 0.717) is 5.13 Å². The maximum absolute atomic E-state index is 11.0. The molecule has 0 spiro atoms. The van der Waals surface area contributed by atoms with Crippen molar-refractivity contribution in [1.29, 1.82) is 0 Å². The molecule has 0 aliphatic rings. The Hall–Kier alpha value is -1.17. The number of ether oxygens (including phenoxy) is 1. The first kappa shape index (κ1) is 9.91. The molecule has 0 bridgehead atoms. The van der Waals surface area contributed by atoms with Crippen molar-refractivity contribution in [3.05, 3.63) is 5.01 Å². The molecule has 1 atom stereocenters. The van der Waals surface area contributed by atoms with Crippen molar-refractivity contribution in [3.8, 4) is 0 Å². The van der Waals surface area contributed by atoms with Crippen LogP contribution in [0.1, 0.15) is 11.9 Å². The van der Waals surface area contributed by atoms with Crippen molar-refractivity contribution >= 4 is 22.4 Å². The van der Waals surface area contributed by atoms with E-state index in [1.54, 1.807) is 6.92 Å². The molecule has 0 radical (unpaired) electrons. The molecule has 6 heteroatoms. The average Bonchev–Trinajstić information content (AvgIpc) is 2.49. The van der Waals surface area contributed by atoms with Gasteiger partial charge in [0.25, 0.3) is 0 Å². The molecule has 72 valence electrons. The van der Waals surface area contributed by atoms with Crippen LogP contribution in [0.25, 0.3) is 0 Å². The third-order valence-electron chi connectivity index (χ3n) is 1.42. The Morgan fingerprint density at radius 1 is 1.62 bits per heavy atom. The van der Waals surface area contributed by atoms with Gasteiger partial charge in [0.05, 0.1) is 7.11 Å². The number of hydrogen-bond acceptors (Lipinski definition) is 6. The molecular weight excluding hydrogens is 190 g/mol. The van der Waals surface area contributed by atoms with Gasteiger partial charge in [-0.05, 0) is 13.8 Å². The van der Waals surface area contributed by atoms with Crippen molar-refractivity contribution in [2.45, 2.75) is 19.9 Å². The van der Waals surface area contributed by atoms with E-state index in [-0.39, 0.29) is 5.97 Å². The van der Waals surface area contributed by atoms with Gasteiger partial charge in [0, 0.05) is 0 Å². The highest BCUT2D eigenvalue weighted by Gasteiger charge is 2.13. The standard InChI is InChI=1S/C7H11N3O2S/c1-4(6(11)12-3)8-7-10-9-5(2)13-7/h4H,1-3H3,(H,8,10). The molecule has 1 aromatic rings. The van der Waals surface area contributed by atoms with E-state index in [4.69, 9.17) is 0 Å². The molecule has 0 fully saturated rings. The van der Waals surface area contributed by atoms with Crippen LogP contribution >= 0.6 is 11.3 Å². The van der Waals surface area contributed by atoms with Gasteiger partial charge in [0.2, 0.25) is 5.13 Å². The molecule has 1 heterocycles. The Morgan fingerprint density at radius 3 is 2.77 bits per heavy atom. The van der Waals surface area contributed by atoms with Gasteiger partial charge in [-0.2, -0.15) is 0 Å². The first-order valence-electron chi connectivity index (χ1n) is 3.78. The number of nitrogens with one attached hydrogen (secondary N) is 1. The van der Waals surface area contributed by atoms with Gasteiger partial charge in [-0.15, -0.1) is 10.2 Å². The smallest absolute Gasteiger partial charge is 0.328 e. The zero-order valence-electron chi connectivity index (χ0n) is 7.70. The summed E-state index contributed by atoms with van der Waals surface area (Å²) >= 11 is 1.40. The lowest BCUT2D eigenvalue weighted by Crippen LogP contribution is -2.27. The molecule has 0 amide bonds. The number of aryl methyl sites for hydroxylation is 1. The van der Waals surface area contributed by atoms with Gasteiger partial charge >= 0.3 is 5.97 Å². The summed E-state index contributed by atoms with van der Waals surface area (Å²) in [5.74, 6) is -0.312. The Kier molecular flexibility index (Phi) is 3.18. The van der Waals surface area contributed by atoms with E-state index < -0.39 is 6.04 Å². The maximum Gasteiger partial charge on any atom is 0.328 e. The van der Waals surface area contributed by atoms with Gasteiger partial charge in [-0.25, -0.2) is 4.79 Å². The van der Waals surface area contributed by atoms with Crippen molar-refractivity contribution in [2.75, 3.05) is 12.4 Å². The minimum absolute atomic E-state index is 0.312. The number of rotatable bonds is 3. The second kappa shape index (κ2) is 4.18. The fourth-order valence-electron chi connectivity index (χ4n) is 0.776. The van der Waals surface area contributed by atoms with Crippen LogP contribution in [-0.2, 0) is 9.53 Å². The molecule has 0 saturated heterocycles. The number of carbonyl (C=O) groups is 1. The Balaban J connectivity index is 2.54. The van der Waals surface area contributed by atoms with Crippen molar-refractivity contribution in [1.82, 2.24) is 10.2 Å². The largest absolute Gasteiger partial charge is 0.467 e. The highest BCUT2D eigenvalue weighted by molar-refractivity contribution is 7.15. The summed E-state index contributed by atoms with van der Waals surface area (Å²) in [5, 5.41) is 12.0. The van der Waals surface area contributed by atoms with Crippen LogP contribution < -0.4 is 5.32 Å². The number of hydrogen-bond donors (Lipinski definition) is 1. The number of carbonyl (C=O) groups excluding carboxylic acids is 1. The van der Waals surface area contributed by atoms with E-state index in [1.165, 1.54) is 18.4 Å².